The lowest BCUT2D eigenvalue weighted by Gasteiger charge is -2.13. The van der Waals surface area contributed by atoms with Crippen molar-refractivity contribution >= 4 is 29.1 Å². The highest BCUT2D eigenvalue weighted by Crippen LogP contribution is 2.32. The van der Waals surface area contributed by atoms with Gasteiger partial charge in [0.05, 0.1) is 12.8 Å². The minimum Gasteiger partial charge on any atom is -0.497 e. The van der Waals surface area contributed by atoms with E-state index in [2.05, 4.69) is 30.2 Å². The van der Waals surface area contributed by atoms with Gasteiger partial charge in [-0.05, 0) is 67.8 Å². The largest absolute Gasteiger partial charge is 0.497 e. The SMILES string of the molecule is COc1ccc(-c2nc(SCCC(C)C)nc(Nc3ccc(C(C)=O)cc3)c2C#N)cc1. The van der Waals surface area contributed by atoms with Crippen LogP contribution in [-0.4, -0.2) is 28.6 Å². The maximum atomic E-state index is 11.6. The Morgan fingerprint density at radius 2 is 1.81 bits per heavy atom. The highest BCUT2D eigenvalue weighted by Gasteiger charge is 2.17. The molecule has 0 spiro atoms. The van der Waals surface area contributed by atoms with Gasteiger partial charge in [-0.2, -0.15) is 5.26 Å². The molecule has 2 aromatic carbocycles. The van der Waals surface area contributed by atoms with E-state index in [0.717, 1.165) is 29.2 Å². The number of rotatable bonds is 9. The monoisotopic (exact) mass is 446 g/mol. The fraction of sp³-hybridized carbons (Fsp3) is 0.280. The summed E-state index contributed by atoms with van der Waals surface area (Å²) < 4.78 is 5.25. The number of nitrogens with zero attached hydrogens (tertiary/aromatic N) is 3. The number of Topliss-reactive ketones (excluding diaryl/α,β-unsaturated/α-hetero) is 1. The number of aromatic nitrogens is 2. The van der Waals surface area contributed by atoms with E-state index in [1.807, 2.05) is 24.3 Å². The first-order valence-corrected chi connectivity index (χ1v) is 11.4. The van der Waals surface area contributed by atoms with Crippen LogP contribution in [0.2, 0.25) is 0 Å². The highest BCUT2D eigenvalue weighted by molar-refractivity contribution is 7.99. The van der Waals surface area contributed by atoms with Crippen molar-refractivity contribution in [2.24, 2.45) is 5.92 Å². The van der Waals surface area contributed by atoms with Crippen molar-refractivity contribution in [3.63, 3.8) is 0 Å². The molecule has 0 amide bonds. The summed E-state index contributed by atoms with van der Waals surface area (Å²) in [5.74, 6) is 2.65. The number of nitriles is 1. The third kappa shape index (κ3) is 5.86. The minimum absolute atomic E-state index is 0.00179. The number of ether oxygens (including phenoxy) is 1. The number of hydrogen-bond acceptors (Lipinski definition) is 7. The number of carbonyl (C=O) groups excluding carboxylic acids is 1. The molecule has 164 valence electrons. The van der Waals surface area contributed by atoms with Gasteiger partial charge >= 0.3 is 0 Å². The molecule has 0 aliphatic rings. The lowest BCUT2D eigenvalue weighted by atomic mass is 10.1. The topological polar surface area (TPSA) is 87.9 Å². The van der Waals surface area contributed by atoms with Crippen molar-refractivity contribution in [2.45, 2.75) is 32.3 Å². The van der Waals surface area contributed by atoms with Crippen molar-refractivity contribution in [1.82, 2.24) is 9.97 Å². The van der Waals surface area contributed by atoms with Crippen LogP contribution in [0.25, 0.3) is 11.3 Å². The molecular formula is C25H26N4O2S. The summed E-state index contributed by atoms with van der Waals surface area (Å²) in [6.07, 6.45) is 1.04. The molecule has 0 unspecified atom stereocenters. The number of anilines is 2. The molecule has 3 rings (SSSR count). The summed E-state index contributed by atoms with van der Waals surface area (Å²) in [5.41, 5.74) is 3.11. The quantitative estimate of drug-likeness (QED) is 0.241. The molecule has 7 heteroatoms. The molecule has 0 bridgehead atoms. The Morgan fingerprint density at radius 3 is 2.38 bits per heavy atom. The highest BCUT2D eigenvalue weighted by atomic mass is 32.2. The number of benzene rings is 2. The first-order valence-electron chi connectivity index (χ1n) is 10.4. The summed E-state index contributed by atoms with van der Waals surface area (Å²) >= 11 is 1.57. The van der Waals surface area contributed by atoms with Crippen LogP contribution in [-0.2, 0) is 0 Å². The summed E-state index contributed by atoms with van der Waals surface area (Å²) in [5, 5.41) is 13.8. The molecule has 3 aromatic rings. The lowest BCUT2D eigenvalue weighted by Crippen LogP contribution is -2.04. The second-order valence-corrected chi connectivity index (χ2v) is 8.77. The zero-order chi connectivity index (χ0) is 23.1. The van der Waals surface area contributed by atoms with E-state index >= 15 is 0 Å². The van der Waals surface area contributed by atoms with Crippen molar-refractivity contribution in [2.75, 3.05) is 18.2 Å². The van der Waals surface area contributed by atoms with E-state index in [1.54, 1.807) is 43.1 Å². The van der Waals surface area contributed by atoms with E-state index in [0.29, 0.717) is 33.7 Å². The number of thioether (sulfide) groups is 1. The summed E-state index contributed by atoms with van der Waals surface area (Å²) in [6.45, 7) is 5.89. The van der Waals surface area contributed by atoms with Crippen LogP contribution >= 0.6 is 11.8 Å². The molecule has 1 aromatic heterocycles. The molecule has 0 saturated heterocycles. The Hall–Kier alpha value is -3.37. The maximum absolute atomic E-state index is 11.6. The van der Waals surface area contributed by atoms with Crippen LogP contribution in [0.3, 0.4) is 0 Å². The van der Waals surface area contributed by atoms with E-state index in [-0.39, 0.29) is 5.78 Å². The fourth-order valence-electron chi connectivity index (χ4n) is 2.97. The lowest BCUT2D eigenvalue weighted by molar-refractivity contribution is 0.101. The fourth-order valence-corrected chi connectivity index (χ4v) is 4.05. The van der Waals surface area contributed by atoms with Crippen LogP contribution in [0, 0.1) is 17.2 Å². The standard InChI is InChI=1S/C25H26N4O2S/c1-16(2)13-14-32-25-28-23(19-7-11-21(31-4)12-8-19)22(15-26)24(29-25)27-20-9-5-18(6-10-20)17(3)30/h5-12,16H,13-14H2,1-4H3,(H,27,28,29). The number of hydrogen-bond donors (Lipinski definition) is 1. The Labute approximate surface area is 193 Å². The Bertz CT molecular complexity index is 1120. The molecule has 32 heavy (non-hydrogen) atoms. The van der Waals surface area contributed by atoms with Gasteiger partial charge in [-0.15, -0.1) is 0 Å². The predicted octanol–water partition coefficient (Wildman–Crippen LogP) is 6.11. The third-order valence-corrected chi connectivity index (χ3v) is 5.72. The zero-order valence-corrected chi connectivity index (χ0v) is 19.5. The predicted molar refractivity (Wildman–Crippen MR) is 129 cm³/mol. The Kier molecular flexibility index (Phi) is 7.85. The Morgan fingerprint density at radius 1 is 1.12 bits per heavy atom. The Balaban J connectivity index is 2.02. The molecule has 0 fully saturated rings. The van der Waals surface area contributed by atoms with Gasteiger partial charge < -0.3 is 10.1 Å². The van der Waals surface area contributed by atoms with E-state index in [4.69, 9.17) is 9.72 Å². The van der Waals surface area contributed by atoms with Crippen molar-refractivity contribution < 1.29 is 9.53 Å². The molecule has 0 aliphatic carbocycles. The smallest absolute Gasteiger partial charge is 0.190 e. The van der Waals surface area contributed by atoms with Crippen molar-refractivity contribution in [3.8, 4) is 23.1 Å². The van der Waals surface area contributed by atoms with Gasteiger partial charge in [-0.3, -0.25) is 4.79 Å². The van der Waals surface area contributed by atoms with Crippen LogP contribution in [0.15, 0.2) is 53.7 Å². The van der Waals surface area contributed by atoms with Crippen molar-refractivity contribution in [3.05, 3.63) is 59.7 Å². The van der Waals surface area contributed by atoms with Gasteiger partial charge in [0.25, 0.3) is 0 Å². The normalized spacial score (nSPS) is 10.6. The van der Waals surface area contributed by atoms with E-state index in [9.17, 15) is 10.1 Å². The van der Waals surface area contributed by atoms with Crippen molar-refractivity contribution in [1.29, 1.82) is 5.26 Å². The average Bonchev–Trinajstić information content (AvgIpc) is 2.79. The van der Waals surface area contributed by atoms with E-state index in [1.165, 1.54) is 6.92 Å². The zero-order valence-electron chi connectivity index (χ0n) is 18.7. The van der Waals surface area contributed by atoms with Gasteiger partial charge in [0.1, 0.15) is 17.4 Å². The molecule has 0 radical (unpaired) electrons. The second kappa shape index (κ2) is 10.8. The van der Waals surface area contributed by atoms with Crippen LogP contribution in [0.5, 0.6) is 5.75 Å². The maximum Gasteiger partial charge on any atom is 0.190 e. The van der Waals surface area contributed by atoms with Gasteiger partial charge in [0.15, 0.2) is 16.8 Å². The second-order valence-electron chi connectivity index (χ2n) is 7.71. The van der Waals surface area contributed by atoms with Gasteiger partial charge in [0.2, 0.25) is 0 Å². The molecule has 1 N–H and O–H groups in total. The molecular weight excluding hydrogens is 420 g/mol. The van der Waals surface area contributed by atoms with Crippen LogP contribution in [0.4, 0.5) is 11.5 Å². The number of carbonyl (C=O) groups is 1. The van der Waals surface area contributed by atoms with Gasteiger partial charge in [-0.1, -0.05) is 25.6 Å². The first-order chi connectivity index (χ1) is 15.4. The molecule has 6 nitrogen and oxygen atoms in total. The number of nitrogens with one attached hydrogen (secondary N) is 1. The number of ketones is 1. The first kappa shape index (κ1) is 23.3. The summed E-state index contributed by atoms with van der Waals surface area (Å²) in [6, 6.07) is 16.8. The molecule has 1 heterocycles. The van der Waals surface area contributed by atoms with E-state index < -0.39 is 0 Å². The van der Waals surface area contributed by atoms with Gasteiger partial charge in [0, 0.05) is 22.6 Å². The summed E-state index contributed by atoms with van der Waals surface area (Å²) in [4.78, 5) is 20.9. The molecule has 0 atom stereocenters. The van der Waals surface area contributed by atoms with Crippen LogP contribution < -0.4 is 10.1 Å². The average molecular weight is 447 g/mol. The molecule has 0 aliphatic heterocycles. The van der Waals surface area contributed by atoms with Gasteiger partial charge in [-0.25, -0.2) is 9.97 Å². The van der Waals surface area contributed by atoms with Crippen LogP contribution in [0.1, 0.15) is 43.1 Å². The number of methoxy groups -OCH3 is 1. The molecule has 0 saturated carbocycles. The minimum atomic E-state index is 0.00179. The summed E-state index contributed by atoms with van der Waals surface area (Å²) in [7, 11) is 1.61. The third-order valence-electron chi connectivity index (χ3n) is 4.84.